The molecule has 1 aliphatic heterocycles. The molecule has 2 rings (SSSR count). The van der Waals surface area contributed by atoms with Crippen molar-refractivity contribution >= 4 is 0 Å². The van der Waals surface area contributed by atoms with Gasteiger partial charge in [-0.3, -0.25) is 4.90 Å². The number of methoxy groups -OCH3 is 1. The van der Waals surface area contributed by atoms with E-state index in [9.17, 15) is 0 Å². The topological polar surface area (TPSA) is 21.7 Å². The van der Waals surface area contributed by atoms with Gasteiger partial charge in [-0.1, -0.05) is 25.0 Å². The third-order valence-electron chi connectivity index (χ3n) is 3.48. The Labute approximate surface area is 115 Å². The highest BCUT2D eigenvalue weighted by Crippen LogP contribution is 2.35. The molecule has 0 fully saturated rings. The zero-order valence-corrected chi connectivity index (χ0v) is 11.7. The van der Waals surface area contributed by atoms with Crippen LogP contribution < -0.4 is 9.47 Å². The van der Waals surface area contributed by atoms with E-state index in [1.165, 1.54) is 5.56 Å². The summed E-state index contributed by atoms with van der Waals surface area (Å²) >= 11 is 0. The molecule has 0 saturated carbocycles. The second-order valence-electron chi connectivity index (χ2n) is 4.79. The summed E-state index contributed by atoms with van der Waals surface area (Å²) in [5.41, 5.74) is 1.20. The third kappa shape index (κ3) is 3.02. The Hall–Kier alpha value is -1.66. The molecular formula is C16H21NO2. The van der Waals surface area contributed by atoms with E-state index in [1.54, 1.807) is 7.11 Å². The number of hydrogen-bond acceptors (Lipinski definition) is 3. The summed E-state index contributed by atoms with van der Waals surface area (Å²) in [7, 11) is 1.67. The van der Waals surface area contributed by atoms with Gasteiger partial charge < -0.3 is 9.47 Å². The molecule has 102 valence electrons. The molecule has 0 spiro atoms. The highest BCUT2D eigenvalue weighted by Gasteiger charge is 2.26. The Morgan fingerprint density at radius 1 is 1.53 bits per heavy atom. The molecule has 3 nitrogen and oxygen atoms in total. The number of fused-ring (bicyclic) bond motifs is 1. The number of hydrogen-bond donors (Lipinski definition) is 0. The van der Waals surface area contributed by atoms with Crippen LogP contribution in [0.2, 0.25) is 0 Å². The molecule has 0 unspecified atom stereocenters. The predicted octanol–water partition coefficient (Wildman–Crippen LogP) is 2.34. The van der Waals surface area contributed by atoms with E-state index in [2.05, 4.69) is 23.8 Å². The third-order valence-corrected chi connectivity index (χ3v) is 3.48. The summed E-state index contributed by atoms with van der Waals surface area (Å²) in [4.78, 5) is 2.32. The summed E-state index contributed by atoms with van der Waals surface area (Å²) in [5, 5.41) is 0. The summed E-state index contributed by atoms with van der Waals surface area (Å²) in [6.45, 7) is 4.54. The van der Waals surface area contributed by atoms with Crippen LogP contribution in [0, 0.1) is 12.3 Å². The summed E-state index contributed by atoms with van der Waals surface area (Å²) in [5.74, 6) is 4.44. The maximum absolute atomic E-state index is 5.90. The average molecular weight is 259 g/mol. The van der Waals surface area contributed by atoms with Gasteiger partial charge in [0.15, 0.2) is 11.5 Å². The van der Waals surface area contributed by atoms with Crippen molar-refractivity contribution in [3.05, 3.63) is 23.8 Å². The highest BCUT2D eigenvalue weighted by atomic mass is 16.5. The van der Waals surface area contributed by atoms with Gasteiger partial charge in [-0.2, -0.15) is 0 Å². The quantitative estimate of drug-likeness (QED) is 0.758. The van der Waals surface area contributed by atoms with E-state index in [1.807, 2.05) is 12.1 Å². The van der Waals surface area contributed by atoms with Gasteiger partial charge in [0, 0.05) is 6.04 Å². The molecule has 3 heteroatoms. The predicted molar refractivity (Wildman–Crippen MR) is 76.7 cm³/mol. The summed E-state index contributed by atoms with van der Waals surface area (Å²) < 4.78 is 11.2. The van der Waals surface area contributed by atoms with E-state index in [-0.39, 0.29) is 0 Å². The molecule has 19 heavy (non-hydrogen) atoms. The Balaban J connectivity index is 2.15. The van der Waals surface area contributed by atoms with Crippen molar-refractivity contribution in [1.29, 1.82) is 0 Å². The lowest BCUT2D eigenvalue weighted by atomic mass is 10.0. The molecule has 0 saturated heterocycles. The van der Waals surface area contributed by atoms with E-state index in [4.69, 9.17) is 15.9 Å². The average Bonchev–Trinajstić information content (AvgIpc) is 2.45. The first kappa shape index (κ1) is 13.8. The minimum atomic E-state index is 0.357. The fourth-order valence-electron chi connectivity index (χ4n) is 2.57. The molecule has 0 aromatic heterocycles. The van der Waals surface area contributed by atoms with Crippen LogP contribution in [0.5, 0.6) is 11.5 Å². The van der Waals surface area contributed by atoms with E-state index >= 15 is 0 Å². The summed E-state index contributed by atoms with van der Waals surface area (Å²) in [6.07, 6.45) is 7.52. The standard InChI is InChI=1S/C16H21NO2/c1-4-9-17(10-5-2)14-11-13-7-6-8-15(18-3)16(13)19-12-14/h1,6-8,14H,5,9-12H2,2-3H3/t14-/m1/s1. The number of para-hydroxylation sites is 1. The molecule has 0 amide bonds. The zero-order chi connectivity index (χ0) is 13.7. The fourth-order valence-corrected chi connectivity index (χ4v) is 2.57. The minimum Gasteiger partial charge on any atom is -0.493 e. The molecule has 0 bridgehead atoms. The molecule has 0 aliphatic carbocycles. The molecule has 0 radical (unpaired) electrons. The van der Waals surface area contributed by atoms with Crippen molar-refractivity contribution in [1.82, 2.24) is 4.90 Å². The smallest absolute Gasteiger partial charge is 0.164 e. The summed E-state index contributed by atoms with van der Waals surface area (Å²) in [6, 6.07) is 6.40. The van der Waals surface area contributed by atoms with E-state index < -0.39 is 0 Å². The second-order valence-corrected chi connectivity index (χ2v) is 4.79. The van der Waals surface area contributed by atoms with Crippen molar-refractivity contribution in [2.75, 3.05) is 26.8 Å². The highest BCUT2D eigenvalue weighted by molar-refractivity contribution is 5.48. The molecule has 1 heterocycles. The van der Waals surface area contributed by atoms with Gasteiger partial charge in [0.25, 0.3) is 0 Å². The lowest BCUT2D eigenvalue weighted by molar-refractivity contribution is 0.129. The van der Waals surface area contributed by atoms with Gasteiger partial charge in [0.2, 0.25) is 0 Å². The number of nitrogens with zero attached hydrogens (tertiary/aromatic N) is 1. The van der Waals surface area contributed by atoms with Gasteiger partial charge in [-0.05, 0) is 31.0 Å². The lowest BCUT2D eigenvalue weighted by Crippen LogP contribution is -2.43. The normalized spacial score (nSPS) is 17.5. The van der Waals surface area contributed by atoms with Crippen molar-refractivity contribution in [3.63, 3.8) is 0 Å². The molecule has 1 atom stereocenters. The minimum absolute atomic E-state index is 0.357. The van der Waals surface area contributed by atoms with Crippen LogP contribution in [-0.4, -0.2) is 37.7 Å². The fraction of sp³-hybridized carbons (Fsp3) is 0.500. The van der Waals surface area contributed by atoms with Crippen molar-refractivity contribution < 1.29 is 9.47 Å². The van der Waals surface area contributed by atoms with Crippen molar-refractivity contribution in [2.24, 2.45) is 0 Å². The number of rotatable bonds is 5. The van der Waals surface area contributed by atoms with E-state index in [0.717, 1.165) is 30.9 Å². The first-order valence-electron chi connectivity index (χ1n) is 6.76. The Bertz CT molecular complexity index is 464. The van der Waals surface area contributed by atoms with Gasteiger partial charge in [-0.25, -0.2) is 0 Å². The van der Waals surface area contributed by atoms with Crippen LogP contribution in [0.4, 0.5) is 0 Å². The molecule has 0 N–H and O–H groups in total. The Kier molecular flexibility index (Phi) is 4.70. The van der Waals surface area contributed by atoms with Gasteiger partial charge in [0.05, 0.1) is 13.7 Å². The van der Waals surface area contributed by atoms with Gasteiger partial charge in [-0.15, -0.1) is 6.42 Å². The first-order valence-corrected chi connectivity index (χ1v) is 6.76. The monoisotopic (exact) mass is 259 g/mol. The number of ether oxygens (including phenoxy) is 2. The van der Waals surface area contributed by atoms with Crippen LogP contribution in [0.3, 0.4) is 0 Å². The zero-order valence-electron chi connectivity index (χ0n) is 11.7. The number of benzene rings is 1. The van der Waals surface area contributed by atoms with Gasteiger partial charge in [0.1, 0.15) is 6.61 Å². The lowest BCUT2D eigenvalue weighted by Gasteiger charge is -2.34. The van der Waals surface area contributed by atoms with Crippen LogP contribution in [0.15, 0.2) is 18.2 Å². The van der Waals surface area contributed by atoms with Crippen LogP contribution >= 0.6 is 0 Å². The maximum Gasteiger partial charge on any atom is 0.164 e. The number of terminal acetylenes is 1. The molecule has 1 aliphatic rings. The Morgan fingerprint density at radius 3 is 3.05 bits per heavy atom. The Morgan fingerprint density at radius 2 is 2.37 bits per heavy atom. The SMILES string of the molecule is C#CCN(CCC)[C@H]1COc2c(cccc2OC)C1. The van der Waals surface area contributed by atoms with Crippen LogP contribution in [0.25, 0.3) is 0 Å². The van der Waals surface area contributed by atoms with Crippen LogP contribution in [-0.2, 0) is 6.42 Å². The van der Waals surface area contributed by atoms with Crippen molar-refractivity contribution in [2.45, 2.75) is 25.8 Å². The van der Waals surface area contributed by atoms with Crippen molar-refractivity contribution in [3.8, 4) is 23.8 Å². The van der Waals surface area contributed by atoms with E-state index in [0.29, 0.717) is 19.2 Å². The van der Waals surface area contributed by atoms with Gasteiger partial charge >= 0.3 is 0 Å². The second kappa shape index (κ2) is 6.49. The molecule has 1 aromatic carbocycles. The molecular weight excluding hydrogens is 238 g/mol. The first-order chi connectivity index (χ1) is 9.30. The largest absolute Gasteiger partial charge is 0.493 e. The maximum atomic E-state index is 5.90. The van der Waals surface area contributed by atoms with Crippen LogP contribution in [0.1, 0.15) is 18.9 Å². The molecule has 1 aromatic rings.